The third kappa shape index (κ3) is 5.05. The predicted octanol–water partition coefficient (Wildman–Crippen LogP) is 6.49. The van der Waals surface area contributed by atoms with Crippen molar-refractivity contribution >= 4 is 5.97 Å². The molecule has 0 saturated carbocycles. The summed E-state index contributed by atoms with van der Waals surface area (Å²) in [6.45, 7) is 8.87. The van der Waals surface area contributed by atoms with Gasteiger partial charge in [0.05, 0.1) is 19.1 Å². The van der Waals surface area contributed by atoms with Crippen molar-refractivity contribution in [3.63, 3.8) is 0 Å². The number of carboxylic acids is 1. The number of benzene rings is 3. The van der Waals surface area contributed by atoms with Crippen LogP contribution in [0.25, 0.3) is 11.1 Å². The first kappa shape index (κ1) is 22.9. The van der Waals surface area contributed by atoms with Crippen molar-refractivity contribution in [3.05, 3.63) is 82.4 Å². The highest BCUT2D eigenvalue weighted by Gasteiger charge is 2.26. The first-order valence-electron chi connectivity index (χ1n) is 11.7. The molecule has 0 saturated heterocycles. The van der Waals surface area contributed by atoms with Gasteiger partial charge in [-0.25, -0.2) is 0 Å². The standard InChI is InChI=1S/C29H32O4/c1-18(2)33-29-22(9-6-10-25(29)28-19(3)7-5-8-20(28)4)13-11-21-12-14-24-23(16-27(30)31)17-32-26(24)15-21/h5-10,12,14-15,18,23H,11,13,16-17H2,1-4H3,(H,30,31)/t23-/m1/s1. The van der Waals surface area contributed by atoms with Gasteiger partial charge in [-0.15, -0.1) is 0 Å². The molecule has 3 aromatic rings. The lowest BCUT2D eigenvalue weighted by atomic mass is 9.91. The van der Waals surface area contributed by atoms with Crippen LogP contribution in [0, 0.1) is 13.8 Å². The number of aryl methyl sites for hydroxylation is 4. The summed E-state index contributed by atoms with van der Waals surface area (Å²) in [7, 11) is 0. The fourth-order valence-corrected chi connectivity index (χ4v) is 4.73. The van der Waals surface area contributed by atoms with E-state index < -0.39 is 5.97 Å². The lowest BCUT2D eigenvalue weighted by Gasteiger charge is -2.21. The Bertz CT molecular complexity index is 1140. The van der Waals surface area contributed by atoms with E-state index in [0.29, 0.717) is 6.61 Å². The van der Waals surface area contributed by atoms with Crippen LogP contribution >= 0.6 is 0 Å². The van der Waals surface area contributed by atoms with E-state index in [1.165, 1.54) is 27.8 Å². The van der Waals surface area contributed by atoms with Crippen molar-refractivity contribution < 1.29 is 19.4 Å². The van der Waals surface area contributed by atoms with Crippen LogP contribution in [0.3, 0.4) is 0 Å². The van der Waals surface area contributed by atoms with E-state index in [1.807, 2.05) is 6.07 Å². The first-order valence-corrected chi connectivity index (χ1v) is 11.7. The molecule has 1 heterocycles. The third-order valence-electron chi connectivity index (χ3n) is 6.26. The van der Waals surface area contributed by atoms with Gasteiger partial charge < -0.3 is 14.6 Å². The summed E-state index contributed by atoms with van der Waals surface area (Å²) in [6.07, 6.45) is 1.88. The second kappa shape index (κ2) is 9.70. The van der Waals surface area contributed by atoms with Crippen LogP contribution in [0.4, 0.5) is 0 Å². The van der Waals surface area contributed by atoms with Crippen molar-refractivity contribution in [1.82, 2.24) is 0 Å². The molecule has 0 radical (unpaired) electrons. The molecule has 172 valence electrons. The van der Waals surface area contributed by atoms with Crippen molar-refractivity contribution in [1.29, 1.82) is 0 Å². The van der Waals surface area contributed by atoms with Gasteiger partial charge in [0.1, 0.15) is 11.5 Å². The summed E-state index contributed by atoms with van der Waals surface area (Å²) in [4.78, 5) is 11.1. The Hall–Kier alpha value is -3.27. The van der Waals surface area contributed by atoms with Crippen LogP contribution in [-0.2, 0) is 17.6 Å². The van der Waals surface area contributed by atoms with Crippen LogP contribution in [0.2, 0.25) is 0 Å². The number of carboxylic acid groups (broad SMARTS) is 1. The summed E-state index contributed by atoms with van der Waals surface area (Å²) >= 11 is 0. The average Bonchev–Trinajstić information content (AvgIpc) is 3.14. The fourth-order valence-electron chi connectivity index (χ4n) is 4.73. The number of aliphatic carboxylic acids is 1. The molecule has 4 nitrogen and oxygen atoms in total. The second-order valence-corrected chi connectivity index (χ2v) is 9.21. The monoisotopic (exact) mass is 444 g/mol. The number of hydrogen-bond acceptors (Lipinski definition) is 3. The number of fused-ring (bicyclic) bond motifs is 1. The van der Waals surface area contributed by atoms with Crippen molar-refractivity contribution in [2.45, 2.75) is 59.0 Å². The number of rotatable bonds is 8. The second-order valence-electron chi connectivity index (χ2n) is 9.21. The summed E-state index contributed by atoms with van der Waals surface area (Å²) in [5.41, 5.74) is 8.24. The third-order valence-corrected chi connectivity index (χ3v) is 6.26. The molecule has 0 aliphatic carbocycles. The van der Waals surface area contributed by atoms with E-state index in [9.17, 15) is 4.79 Å². The molecule has 1 N–H and O–H groups in total. The Morgan fingerprint density at radius 1 is 1.06 bits per heavy atom. The normalized spacial score (nSPS) is 14.8. The van der Waals surface area contributed by atoms with Crippen molar-refractivity contribution in [3.8, 4) is 22.6 Å². The van der Waals surface area contributed by atoms with Gasteiger partial charge in [0.2, 0.25) is 0 Å². The molecule has 0 amide bonds. The van der Waals surface area contributed by atoms with E-state index >= 15 is 0 Å². The molecule has 4 heteroatoms. The molecule has 0 aromatic heterocycles. The molecular weight excluding hydrogens is 412 g/mol. The maximum atomic E-state index is 11.1. The van der Waals surface area contributed by atoms with Crippen LogP contribution < -0.4 is 9.47 Å². The average molecular weight is 445 g/mol. The van der Waals surface area contributed by atoms with Gasteiger partial charge in [-0.05, 0) is 74.4 Å². The van der Waals surface area contributed by atoms with Crippen LogP contribution in [0.5, 0.6) is 11.5 Å². The maximum Gasteiger partial charge on any atom is 0.304 e. The smallest absolute Gasteiger partial charge is 0.304 e. The Morgan fingerprint density at radius 3 is 2.48 bits per heavy atom. The summed E-state index contributed by atoms with van der Waals surface area (Å²) in [5.74, 6) is 0.930. The van der Waals surface area contributed by atoms with E-state index in [2.05, 4.69) is 76.2 Å². The highest BCUT2D eigenvalue weighted by Crippen LogP contribution is 2.39. The molecule has 3 aromatic carbocycles. The van der Waals surface area contributed by atoms with Gasteiger partial charge >= 0.3 is 5.97 Å². The molecule has 4 rings (SSSR count). The van der Waals surface area contributed by atoms with Crippen molar-refractivity contribution in [2.75, 3.05) is 6.61 Å². The molecular formula is C29H32O4. The first-order chi connectivity index (χ1) is 15.8. The zero-order valence-corrected chi connectivity index (χ0v) is 19.9. The molecule has 0 bridgehead atoms. The van der Waals surface area contributed by atoms with Gasteiger partial charge in [-0.2, -0.15) is 0 Å². The lowest BCUT2D eigenvalue weighted by Crippen LogP contribution is -2.09. The minimum atomic E-state index is -0.790. The topological polar surface area (TPSA) is 55.8 Å². The Labute approximate surface area is 196 Å². The Balaban J connectivity index is 1.61. The highest BCUT2D eigenvalue weighted by molar-refractivity contribution is 5.77. The molecule has 1 aliphatic rings. The minimum absolute atomic E-state index is 0.0633. The van der Waals surface area contributed by atoms with Crippen LogP contribution in [-0.4, -0.2) is 23.8 Å². The SMILES string of the molecule is Cc1cccc(C)c1-c1cccc(CCc2ccc3c(c2)OC[C@H]3CC(=O)O)c1OC(C)C. The molecule has 33 heavy (non-hydrogen) atoms. The van der Waals surface area contributed by atoms with Gasteiger partial charge in [0, 0.05) is 17.0 Å². The number of para-hydroxylation sites is 1. The number of hydrogen-bond donors (Lipinski definition) is 1. The zero-order valence-electron chi connectivity index (χ0n) is 19.9. The quantitative estimate of drug-likeness (QED) is 0.431. The van der Waals surface area contributed by atoms with Crippen LogP contribution in [0.1, 0.15) is 54.0 Å². The van der Waals surface area contributed by atoms with Crippen molar-refractivity contribution in [2.24, 2.45) is 0 Å². The number of ether oxygens (including phenoxy) is 2. The van der Waals surface area contributed by atoms with Gasteiger partial charge in [-0.3, -0.25) is 4.79 Å². The summed E-state index contributed by atoms with van der Waals surface area (Å²) < 4.78 is 12.2. The minimum Gasteiger partial charge on any atom is -0.493 e. The van der Waals surface area contributed by atoms with Gasteiger partial charge in [0.25, 0.3) is 0 Å². The maximum absolute atomic E-state index is 11.1. The fraction of sp³-hybridized carbons (Fsp3) is 0.345. The lowest BCUT2D eigenvalue weighted by molar-refractivity contribution is -0.137. The zero-order chi connectivity index (χ0) is 23.5. The van der Waals surface area contributed by atoms with E-state index in [4.69, 9.17) is 14.6 Å². The molecule has 0 spiro atoms. The highest BCUT2D eigenvalue weighted by atomic mass is 16.5. The van der Waals surface area contributed by atoms with Crippen LogP contribution in [0.15, 0.2) is 54.6 Å². The van der Waals surface area contributed by atoms with E-state index in [-0.39, 0.29) is 18.4 Å². The molecule has 0 fully saturated rings. The molecule has 1 atom stereocenters. The number of carbonyl (C=O) groups is 1. The predicted molar refractivity (Wildman–Crippen MR) is 131 cm³/mol. The summed E-state index contributed by atoms with van der Waals surface area (Å²) in [6, 6.07) is 19.0. The molecule has 0 unspecified atom stereocenters. The largest absolute Gasteiger partial charge is 0.493 e. The van der Waals surface area contributed by atoms with E-state index in [0.717, 1.165) is 35.5 Å². The van der Waals surface area contributed by atoms with E-state index in [1.54, 1.807) is 0 Å². The summed E-state index contributed by atoms with van der Waals surface area (Å²) in [5, 5.41) is 9.12. The Kier molecular flexibility index (Phi) is 6.73. The van der Waals surface area contributed by atoms with Gasteiger partial charge in [0.15, 0.2) is 0 Å². The van der Waals surface area contributed by atoms with Gasteiger partial charge in [-0.1, -0.05) is 48.5 Å². The molecule has 1 aliphatic heterocycles. The Morgan fingerprint density at radius 2 is 1.79 bits per heavy atom.